The Balaban J connectivity index is 2.24. The van der Waals surface area contributed by atoms with Crippen molar-refractivity contribution in [1.82, 2.24) is 0 Å². The number of hydrogen-bond donors (Lipinski definition) is 1. The highest BCUT2D eigenvalue weighted by molar-refractivity contribution is 5.71. The fourth-order valence-electron chi connectivity index (χ4n) is 3.10. The zero-order valence-corrected chi connectivity index (χ0v) is 20.0. The number of allylic oxidation sites excluding steroid dienone is 4. The summed E-state index contributed by atoms with van der Waals surface area (Å²) in [6.45, 7) is 11.6. The molecule has 1 heterocycles. The van der Waals surface area contributed by atoms with Gasteiger partial charge in [0.15, 0.2) is 0 Å². The molecule has 0 bridgehead atoms. The summed E-state index contributed by atoms with van der Waals surface area (Å²) in [5.74, 6) is 1.02. The number of aliphatic hydroxyl groups excluding tert-OH is 1. The summed E-state index contributed by atoms with van der Waals surface area (Å²) in [5, 5.41) is 9.38. The van der Waals surface area contributed by atoms with Crippen LogP contribution in [0.2, 0.25) is 0 Å². The molecule has 3 unspecified atom stereocenters. The molecule has 4 atom stereocenters. The SMILES string of the molecule is C=C/C=C(\C=C/C[C@@H](CCC)CCCOC(=O)C/C=C\C(C)OCC1CO1)OCC(C)O. The summed E-state index contributed by atoms with van der Waals surface area (Å²) < 4.78 is 21.6. The molecule has 0 aromatic carbocycles. The largest absolute Gasteiger partial charge is 0.491 e. The van der Waals surface area contributed by atoms with Crippen LogP contribution in [0.1, 0.15) is 59.3 Å². The van der Waals surface area contributed by atoms with Crippen LogP contribution < -0.4 is 0 Å². The molecule has 1 N–H and O–H groups in total. The summed E-state index contributed by atoms with van der Waals surface area (Å²) in [6.07, 6.45) is 16.2. The van der Waals surface area contributed by atoms with Crippen LogP contribution in [0.4, 0.5) is 0 Å². The summed E-state index contributed by atoms with van der Waals surface area (Å²) >= 11 is 0. The molecule has 1 aliphatic heterocycles. The lowest BCUT2D eigenvalue weighted by Crippen LogP contribution is -2.10. The zero-order valence-electron chi connectivity index (χ0n) is 20.0. The summed E-state index contributed by atoms with van der Waals surface area (Å²) in [6, 6.07) is 0. The van der Waals surface area contributed by atoms with Gasteiger partial charge in [-0.25, -0.2) is 0 Å². The number of epoxide rings is 1. The first-order chi connectivity index (χ1) is 15.4. The van der Waals surface area contributed by atoms with E-state index < -0.39 is 6.10 Å². The summed E-state index contributed by atoms with van der Waals surface area (Å²) in [7, 11) is 0. The third-order valence-corrected chi connectivity index (χ3v) is 4.88. The monoisotopic (exact) mass is 450 g/mol. The van der Waals surface area contributed by atoms with E-state index >= 15 is 0 Å². The van der Waals surface area contributed by atoms with Gasteiger partial charge in [-0.2, -0.15) is 0 Å². The van der Waals surface area contributed by atoms with Crippen molar-refractivity contribution in [2.45, 2.75) is 77.6 Å². The average molecular weight is 451 g/mol. The van der Waals surface area contributed by atoms with Gasteiger partial charge in [0.25, 0.3) is 0 Å². The van der Waals surface area contributed by atoms with E-state index in [9.17, 15) is 9.90 Å². The molecule has 0 spiro atoms. The van der Waals surface area contributed by atoms with Gasteiger partial charge >= 0.3 is 5.97 Å². The second kappa shape index (κ2) is 17.6. The quantitative estimate of drug-likeness (QED) is 0.0754. The second-order valence-electron chi connectivity index (χ2n) is 8.25. The van der Waals surface area contributed by atoms with Gasteiger partial charge in [0.2, 0.25) is 0 Å². The van der Waals surface area contributed by atoms with Gasteiger partial charge in [0, 0.05) is 0 Å². The van der Waals surface area contributed by atoms with Gasteiger partial charge in [0.05, 0.1) is 38.4 Å². The van der Waals surface area contributed by atoms with Gasteiger partial charge in [-0.3, -0.25) is 4.79 Å². The molecular weight excluding hydrogens is 408 g/mol. The molecule has 0 aromatic rings. The van der Waals surface area contributed by atoms with Crippen LogP contribution >= 0.6 is 0 Å². The molecule has 1 saturated heterocycles. The van der Waals surface area contributed by atoms with Crippen molar-refractivity contribution < 1.29 is 28.8 Å². The van der Waals surface area contributed by atoms with Crippen LogP contribution in [0.5, 0.6) is 0 Å². The number of rotatable bonds is 19. The Bertz CT molecular complexity index is 603. The van der Waals surface area contributed by atoms with Gasteiger partial charge in [-0.05, 0) is 51.2 Å². The number of ether oxygens (including phenoxy) is 4. The molecule has 32 heavy (non-hydrogen) atoms. The Morgan fingerprint density at radius 1 is 1.25 bits per heavy atom. The van der Waals surface area contributed by atoms with Crippen molar-refractivity contribution in [2.24, 2.45) is 5.92 Å². The fourth-order valence-corrected chi connectivity index (χ4v) is 3.10. The molecule has 0 aromatic heterocycles. The van der Waals surface area contributed by atoms with Crippen molar-refractivity contribution in [3.05, 3.63) is 48.8 Å². The predicted molar refractivity (Wildman–Crippen MR) is 127 cm³/mol. The van der Waals surface area contributed by atoms with Gasteiger partial charge < -0.3 is 24.1 Å². The molecule has 1 fully saturated rings. The number of aliphatic hydroxyl groups is 1. The first-order valence-corrected chi connectivity index (χ1v) is 11.8. The maximum atomic E-state index is 11.9. The number of carbonyl (C=O) groups excluding carboxylic acids is 1. The molecule has 0 radical (unpaired) electrons. The smallest absolute Gasteiger partial charge is 0.309 e. The van der Waals surface area contributed by atoms with Crippen molar-refractivity contribution in [2.75, 3.05) is 26.4 Å². The van der Waals surface area contributed by atoms with Gasteiger partial charge in [0.1, 0.15) is 18.5 Å². The minimum atomic E-state index is -0.512. The van der Waals surface area contributed by atoms with Crippen molar-refractivity contribution in [3.8, 4) is 0 Å². The van der Waals surface area contributed by atoms with Crippen LogP contribution in [-0.4, -0.2) is 55.8 Å². The molecule has 0 aliphatic carbocycles. The lowest BCUT2D eigenvalue weighted by Gasteiger charge is -2.14. The third kappa shape index (κ3) is 15.8. The lowest BCUT2D eigenvalue weighted by molar-refractivity contribution is -0.142. The normalized spacial score (nSPS) is 19.1. The number of esters is 1. The Morgan fingerprint density at radius 2 is 2.03 bits per heavy atom. The Morgan fingerprint density at radius 3 is 2.69 bits per heavy atom. The maximum absolute atomic E-state index is 11.9. The fraction of sp³-hybridized carbons (Fsp3) is 0.654. The van der Waals surface area contributed by atoms with E-state index in [1.807, 2.05) is 19.1 Å². The number of carbonyl (C=O) groups is 1. The van der Waals surface area contributed by atoms with Crippen LogP contribution in [0.25, 0.3) is 0 Å². The minimum Gasteiger partial charge on any atom is -0.491 e. The van der Waals surface area contributed by atoms with E-state index in [1.165, 1.54) is 0 Å². The van der Waals surface area contributed by atoms with Crippen LogP contribution in [0.3, 0.4) is 0 Å². The van der Waals surface area contributed by atoms with Crippen molar-refractivity contribution >= 4 is 5.97 Å². The van der Waals surface area contributed by atoms with Crippen LogP contribution in [0, 0.1) is 5.92 Å². The van der Waals surface area contributed by atoms with Gasteiger partial charge in [-0.15, -0.1) is 0 Å². The highest BCUT2D eigenvalue weighted by Crippen LogP contribution is 2.19. The minimum absolute atomic E-state index is 0.0332. The second-order valence-corrected chi connectivity index (χ2v) is 8.25. The topological polar surface area (TPSA) is 77.5 Å². The van der Waals surface area contributed by atoms with E-state index in [2.05, 4.69) is 19.6 Å². The van der Waals surface area contributed by atoms with E-state index in [0.29, 0.717) is 24.9 Å². The average Bonchev–Trinajstić information content (AvgIpc) is 3.58. The standard InChI is InChI=1S/C26H42O6/c1-5-10-23(13-8-15-24(11-6-2)31-18-21(3)27)14-9-17-29-26(28)16-7-12-22(4)30-19-25-20-32-25/h6-8,11-12,15,21-23,25,27H,2,5,9-10,13-14,16-20H2,1,3-4H3/b12-7-,15-8-,24-11+/t21?,22?,23-,25?/m1/s1. The van der Waals surface area contributed by atoms with Crippen molar-refractivity contribution in [3.63, 3.8) is 0 Å². The third-order valence-electron chi connectivity index (χ3n) is 4.88. The molecule has 0 amide bonds. The first kappa shape index (κ1) is 28.1. The predicted octanol–water partition coefficient (Wildman–Crippen LogP) is 4.89. The maximum Gasteiger partial charge on any atom is 0.309 e. The highest BCUT2D eigenvalue weighted by atomic mass is 16.6. The Labute approximate surface area is 194 Å². The van der Waals surface area contributed by atoms with E-state index in [0.717, 1.165) is 38.7 Å². The molecule has 6 heteroatoms. The lowest BCUT2D eigenvalue weighted by atomic mass is 9.94. The Kier molecular flexibility index (Phi) is 15.5. The van der Waals surface area contributed by atoms with E-state index in [4.69, 9.17) is 18.9 Å². The van der Waals surface area contributed by atoms with Crippen molar-refractivity contribution in [1.29, 1.82) is 0 Å². The Hall–Kier alpha value is -1.89. The van der Waals surface area contributed by atoms with E-state index in [-0.39, 0.29) is 31.2 Å². The van der Waals surface area contributed by atoms with Gasteiger partial charge in [-0.1, -0.05) is 50.6 Å². The molecular formula is C26H42O6. The molecule has 1 rings (SSSR count). The van der Waals surface area contributed by atoms with E-state index in [1.54, 1.807) is 25.2 Å². The summed E-state index contributed by atoms with van der Waals surface area (Å²) in [4.78, 5) is 11.9. The molecule has 182 valence electrons. The summed E-state index contributed by atoms with van der Waals surface area (Å²) in [5.41, 5.74) is 0. The van der Waals surface area contributed by atoms with Crippen LogP contribution in [-0.2, 0) is 23.7 Å². The molecule has 6 nitrogen and oxygen atoms in total. The number of hydrogen-bond acceptors (Lipinski definition) is 6. The van der Waals surface area contributed by atoms with Crippen LogP contribution in [0.15, 0.2) is 48.8 Å². The molecule has 0 saturated carbocycles. The highest BCUT2D eigenvalue weighted by Gasteiger charge is 2.22. The molecule has 1 aliphatic rings. The zero-order chi connectivity index (χ0) is 23.6. The first-order valence-electron chi connectivity index (χ1n) is 11.8.